The van der Waals surface area contributed by atoms with Gasteiger partial charge in [-0.1, -0.05) is 32.0 Å². The lowest BCUT2D eigenvalue weighted by molar-refractivity contribution is 0.212. The number of hydrogen-bond acceptors (Lipinski definition) is 5. The molecule has 0 saturated carbocycles. The Morgan fingerprint density at radius 3 is 2.62 bits per heavy atom. The van der Waals surface area contributed by atoms with Gasteiger partial charge in [-0.3, -0.25) is 0 Å². The van der Waals surface area contributed by atoms with Crippen molar-refractivity contribution in [2.24, 2.45) is 5.92 Å². The lowest BCUT2D eigenvalue weighted by Crippen LogP contribution is -2.46. The van der Waals surface area contributed by atoms with Gasteiger partial charge in [0.1, 0.15) is 0 Å². The largest absolute Gasteiger partial charge is 0.338 e. The van der Waals surface area contributed by atoms with Crippen molar-refractivity contribution in [3.8, 4) is 0 Å². The van der Waals surface area contributed by atoms with E-state index in [-0.39, 0.29) is 0 Å². The number of rotatable bonds is 4. The Morgan fingerprint density at radius 2 is 1.88 bits per heavy atom. The summed E-state index contributed by atoms with van der Waals surface area (Å²) >= 11 is 0. The molecule has 0 radical (unpaired) electrons. The lowest BCUT2D eigenvalue weighted by atomic mass is 9.88. The smallest absolute Gasteiger partial charge is 0.244 e. The van der Waals surface area contributed by atoms with Crippen molar-refractivity contribution >= 4 is 16.0 Å². The van der Waals surface area contributed by atoms with Gasteiger partial charge in [0.2, 0.25) is 16.0 Å². The van der Waals surface area contributed by atoms with Crippen LogP contribution < -0.4 is 4.90 Å². The second-order valence-electron chi connectivity index (χ2n) is 7.51. The van der Waals surface area contributed by atoms with Crippen LogP contribution in [0.25, 0.3) is 0 Å². The van der Waals surface area contributed by atoms with E-state index in [1.54, 1.807) is 28.8 Å². The molecule has 1 saturated heterocycles. The Hall–Kier alpha value is -1.99. The van der Waals surface area contributed by atoms with E-state index >= 15 is 0 Å². The van der Waals surface area contributed by atoms with Gasteiger partial charge in [-0.05, 0) is 36.5 Å². The number of hydrogen-bond donors (Lipinski definition) is 0. The lowest BCUT2D eigenvalue weighted by Gasteiger charge is -2.34. The van der Waals surface area contributed by atoms with E-state index in [4.69, 9.17) is 0 Å². The molecule has 2 aliphatic rings. The minimum Gasteiger partial charge on any atom is -0.338 e. The van der Waals surface area contributed by atoms with Crippen molar-refractivity contribution in [3.63, 3.8) is 0 Å². The summed E-state index contributed by atoms with van der Waals surface area (Å²) in [5.74, 6) is 1.11. The van der Waals surface area contributed by atoms with Gasteiger partial charge in [0.15, 0.2) is 0 Å². The Bertz CT molecular complexity index is 901. The highest BCUT2D eigenvalue weighted by Crippen LogP contribution is 2.49. The molecule has 1 aromatic carbocycles. The maximum absolute atomic E-state index is 13.3. The van der Waals surface area contributed by atoms with E-state index in [0.29, 0.717) is 29.9 Å². The van der Waals surface area contributed by atoms with Crippen LogP contribution in [0.15, 0.2) is 47.6 Å². The minimum absolute atomic E-state index is 0.445. The van der Waals surface area contributed by atoms with Gasteiger partial charge in [0.25, 0.3) is 0 Å². The fourth-order valence-electron chi connectivity index (χ4n) is 4.11. The topological polar surface area (TPSA) is 66.4 Å². The zero-order valence-electron chi connectivity index (χ0n) is 15.2. The third-order valence-electron chi connectivity index (χ3n) is 5.43. The molecule has 138 valence electrons. The molecule has 3 heterocycles. The molecule has 1 aromatic heterocycles. The molecule has 0 amide bonds. The van der Waals surface area contributed by atoms with Gasteiger partial charge in [-0.25, -0.2) is 18.4 Å². The number of fused-ring (bicyclic) bond motifs is 2. The van der Waals surface area contributed by atoms with Gasteiger partial charge in [0.05, 0.1) is 10.4 Å². The van der Waals surface area contributed by atoms with Gasteiger partial charge in [-0.15, -0.1) is 0 Å². The highest BCUT2D eigenvalue weighted by molar-refractivity contribution is 7.89. The van der Waals surface area contributed by atoms with Gasteiger partial charge < -0.3 is 4.90 Å². The average Bonchev–Trinajstić information content (AvgIpc) is 3.15. The van der Waals surface area contributed by atoms with Crippen LogP contribution >= 0.6 is 0 Å². The monoisotopic (exact) mass is 372 g/mol. The molecule has 2 aliphatic heterocycles. The van der Waals surface area contributed by atoms with Crippen molar-refractivity contribution in [2.45, 2.75) is 37.1 Å². The first-order valence-electron chi connectivity index (χ1n) is 9.09. The molecule has 2 aromatic rings. The van der Waals surface area contributed by atoms with Gasteiger partial charge >= 0.3 is 0 Å². The van der Waals surface area contributed by atoms with Crippen LogP contribution in [-0.4, -0.2) is 42.3 Å². The van der Waals surface area contributed by atoms with Crippen molar-refractivity contribution < 1.29 is 8.42 Å². The maximum atomic E-state index is 13.3. The second kappa shape index (κ2) is 6.32. The number of aromatic nitrogens is 2. The summed E-state index contributed by atoms with van der Waals surface area (Å²) in [5.41, 5.74) is 0.394. The molecule has 4 rings (SSSR count). The molecule has 0 aliphatic carbocycles. The summed E-state index contributed by atoms with van der Waals surface area (Å²) in [5, 5.41) is 0. The molecule has 26 heavy (non-hydrogen) atoms. The van der Waals surface area contributed by atoms with E-state index in [2.05, 4.69) is 28.7 Å². The summed E-state index contributed by atoms with van der Waals surface area (Å²) in [6, 6.07) is 9.24. The van der Waals surface area contributed by atoms with Crippen molar-refractivity contribution in [1.29, 1.82) is 0 Å². The highest BCUT2D eigenvalue weighted by Gasteiger charge is 2.56. The predicted octanol–water partition coefficient (Wildman–Crippen LogP) is 2.63. The first-order valence-corrected chi connectivity index (χ1v) is 10.5. The third-order valence-corrected chi connectivity index (χ3v) is 7.45. The van der Waals surface area contributed by atoms with E-state index in [1.807, 2.05) is 18.2 Å². The quantitative estimate of drug-likeness (QED) is 0.825. The minimum atomic E-state index is -3.47. The van der Waals surface area contributed by atoms with E-state index in [0.717, 1.165) is 24.9 Å². The fraction of sp³-hybridized carbons (Fsp3) is 0.474. The summed E-state index contributed by atoms with van der Waals surface area (Å²) < 4.78 is 28.3. The molecule has 0 unspecified atom stereocenters. The first-order chi connectivity index (χ1) is 12.4. The molecule has 1 atom stereocenters. The first kappa shape index (κ1) is 17.4. The van der Waals surface area contributed by atoms with Crippen LogP contribution in [0.5, 0.6) is 0 Å². The van der Waals surface area contributed by atoms with Gasteiger partial charge in [-0.2, -0.15) is 4.31 Å². The standard InChI is InChI=1S/C19H24N4O2S/c1-15(2)8-12-23-19(16-6-3-4-7-17(16)26(23,24)25)9-13-22(14-19)18-20-10-5-11-21-18/h3-7,10-11,15H,8-9,12-14H2,1-2H3/t19-/m1/s1. The predicted molar refractivity (Wildman–Crippen MR) is 100 cm³/mol. The zero-order valence-corrected chi connectivity index (χ0v) is 16.0. The Labute approximate surface area is 154 Å². The molecule has 0 bridgehead atoms. The number of nitrogens with zero attached hydrogens (tertiary/aromatic N) is 4. The van der Waals surface area contributed by atoms with E-state index in [9.17, 15) is 8.42 Å². The third kappa shape index (κ3) is 2.61. The highest BCUT2D eigenvalue weighted by atomic mass is 32.2. The van der Waals surface area contributed by atoms with Crippen LogP contribution in [-0.2, 0) is 15.6 Å². The molecule has 1 spiro atoms. The Morgan fingerprint density at radius 1 is 1.15 bits per heavy atom. The Kier molecular flexibility index (Phi) is 4.23. The summed E-state index contributed by atoms with van der Waals surface area (Å²) in [6.45, 7) is 6.12. The van der Waals surface area contributed by atoms with Crippen molar-refractivity contribution in [3.05, 3.63) is 48.3 Å². The van der Waals surface area contributed by atoms with Crippen LogP contribution in [0.4, 0.5) is 5.95 Å². The van der Waals surface area contributed by atoms with Crippen LogP contribution in [0, 0.1) is 5.92 Å². The van der Waals surface area contributed by atoms with Crippen LogP contribution in [0.1, 0.15) is 32.3 Å². The second-order valence-corrected chi connectivity index (χ2v) is 9.34. The molecular formula is C19H24N4O2S. The summed E-state index contributed by atoms with van der Waals surface area (Å²) in [7, 11) is -3.47. The van der Waals surface area contributed by atoms with Crippen molar-refractivity contribution in [2.75, 3.05) is 24.5 Å². The molecule has 7 heteroatoms. The number of anilines is 1. The molecular weight excluding hydrogens is 348 g/mol. The molecule has 0 N–H and O–H groups in total. The van der Waals surface area contributed by atoms with Crippen molar-refractivity contribution in [1.82, 2.24) is 14.3 Å². The maximum Gasteiger partial charge on any atom is 0.244 e. The molecule has 6 nitrogen and oxygen atoms in total. The van der Waals surface area contributed by atoms with Crippen LogP contribution in [0.3, 0.4) is 0 Å². The average molecular weight is 372 g/mol. The fourth-order valence-corrected chi connectivity index (χ4v) is 6.19. The zero-order chi connectivity index (χ0) is 18.4. The van der Waals surface area contributed by atoms with E-state index < -0.39 is 15.6 Å². The van der Waals surface area contributed by atoms with Crippen LogP contribution in [0.2, 0.25) is 0 Å². The van der Waals surface area contributed by atoms with E-state index in [1.165, 1.54) is 0 Å². The van der Waals surface area contributed by atoms with Gasteiger partial charge in [0, 0.05) is 32.0 Å². The summed E-state index contributed by atoms with van der Waals surface area (Å²) in [6.07, 6.45) is 5.04. The Balaban J connectivity index is 1.77. The normalized spacial score (nSPS) is 24.5. The summed E-state index contributed by atoms with van der Waals surface area (Å²) in [4.78, 5) is 11.3. The molecule has 1 fully saturated rings. The number of sulfonamides is 1. The number of benzene rings is 1. The SMILES string of the molecule is CC(C)CCN1[C@@]2(CCN(c3ncccn3)C2)c2ccccc2S1(=O)=O.